The minimum atomic E-state index is -0.351. The highest BCUT2D eigenvalue weighted by Gasteiger charge is 2.17. The first-order valence-corrected chi connectivity index (χ1v) is 6.34. The number of phenolic OH excluding ortho intramolecular Hbond substituents is 2. The summed E-state index contributed by atoms with van der Waals surface area (Å²) in [6.07, 6.45) is 0. The summed E-state index contributed by atoms with van der Waals surface area (Å²) in [5.41, 5.74) is 0.751. The van der Waals surface area contributed by atoms with E-state index in [1.807, 2.05) is 0 Å². The molecule has 0 bridgehead atoms. The van der Waals surface area contributed by atoms with E-state index in [-0.39, 0.29) is 23.0 Å². The first-order chi connectivity index (χ1) is 8.99. The van der Waals surface area contributed by atoms with E-state index in [4.69, 9.17) is 0 Å². The summed E-state index contributed by atoms with van der Waals surface area (Å²) in [5, 5.41) is 19.2. The Morgan fingerprint density at radius 1 is 1.16 bits per heavy atom. The van der Waals surface area contributed by atoms with Gasteiger partial charge in [-0.2, -0.15) is 0 Å². The monoisotopic (exact) mass is 321 g/mol. The van der Waals surface area contributed by atoms with E-state index >= 15 is 0 Å². The SMILES string of the molecule is CN(C(=O)c1ccc(Br)cc1O)c1cccc(O)c1. The highest BCUT2D eigenvalue weighted by molar-refractivity contribution is 9.10. The van der Waals surface area contributed by atoms with Crippen molar-refractivity contribution >= 4 is 27.5 Å². The maximum Gasteiger partial charge on any atom is 0.261 e. The molecule has 0 unspecified atom stereocenters. The van der Waals surface area contributed by atoms with Crippen LogP contribution < -0.4 is 4.90 Å². The lowest BCUT2D eigenvalue weighted by molar-refractivity contribution is 0.0990. The van der Waals surface area contributed by atoms with Crippen LogP contribution >= 0.6 is 15.9 Å². The van der Waals surface area contributed by atoms with Crippen LogP contribution in [0.25, 0.3) is 0 Å². The average molecular weight is 322 g/mol. The van der Waals surface area contributed by atoms with E-state index < -0.39 is 0 Å². The highest BCUT2D eigenvalue weighted by Crippen LogP contribution is 2.26. The van der Waals surface area contributed by atoms with Gasteiger partial charge in [-0.05, 0) is 30.3 Å². The zero-order valence-electron chi connectivity index (χ0n) is 10.2. The Labute approximate surface area is 119 Å². The first-order valence-electron chi connectivity index (χ1n) is 5.54. The zero-order chi connectivity index (χ0) is 14.0. The number of halogens is 1. The molecule has 98 valence electrons. The Balaban J connectivity index is 2.33. The minimum absolute atomic E-state index is 0.0807. The van der Waals surface area contributed by atoms with Crippen molar-refractivity contribution in [3.8, 4) is 11.5 Å². The van der Waals surface area contributed by atoms with Crippen molar-refractivity contribution < 1.29 is 15.0 Å². The Morgan fingerprint density at radius 3 is 2.53 bits per heavy atom. The molecule has 0 aromatic heterocycles. The average Bonchev–Trinajstić information content (AvgIpc) is 2.37. The third-order valence-corrected chi connectivity index (χ3v) is 3.21. The van der Waals surface area contributed by atoms with Gasteiger partial charge >= 0.3 is 0 Å². The summed E-state index contributed by atoms with van der Waals surface area (Å²) in [6.45, 7) is 0. The van der Waals surface area contributed by atoms with Crippen molar-refractivity contribution in [1.82, 2.24) is 0 Å². The summed E-state index contributed by atoms with van der Waals surface area (Å²) < 4.78 is 0.696. The van der Waals surface area contributed by atoms with E-state index in [0.29, 0.717) is 10.2 Å². The van der Waals surface area contributed by atoms with Crippen LogP contribution in [0, 0.1) is 0 Å². The van der Waals surface area contributed by atoms with Crippen LogP contribution in [-0.4, -0.2) is 23.2 Å². The van der Waals surface area contributed by atoms with Gasteiger partial charge in [0.15, 0.2) is 0 Å². The molecule has 0 radical (unpaired) electrons. The molecule has 2 N–H and O–H groups in total. The molecule has 0 aliphatic rings. The molecule has 0 aliphatic heterocycles. The molecule has 0 aliphatic carbocycles. The van der Waals surface area contributed by atoms with Crippen LogP contribution in [0.1, 0.15) is 10.4 Å². The standard InChI is InChI=1S/C14H12BrNO3/c1-16(10-3-2-4-11(17)8-10)14(19)12-6-5-9(15)7-13(12)18/h2-8,17-18H,1H3. The fraction of sp³-hybridized carbons (Fsp3) is 0.0714. The second kappa shape index (κ2) is 5.32. The Kier molecular flexibility index (Phi) is 3.76. The van der Waals surface area contributed by atoms with Crippen LogP contribution in [0.5, 0.6) is 11.5 Å². The number of anilines is 1. The van der Waals surface area contributed by atoms with Gasteiger partial charge in [0, 0.05) is 23.3 Å². The number of hydrogen-bond donors (Lipinski definition) is 2. The van der Waals surface area contributed by atoms with Gasteiger partial charge < -0.3 is 15.1 Å². The third-order valence-electron chi connectivity index (χ3n) is 2.71. The van der Waals surface area contributed by atoms with E-state index in [1.54, 1.807) is 31.3 Å². The molecule has 1 amide bonds. The number of amides is 1. The van der Waals surface area contributed by atoms with Gasteiger partial charge in [0.2, 0.25) is 0 Å². The fourth-order valence-electron chi connectivity index (χ4n) is 1.69. The number of carbonyl (C=O) groups is 1. The lowest BCUT2D eigenvalue weighted by Crippen LogP contribution is -2.26. The molecule has 0 fully saturated rings. The molecule has 0 saturated carbocycles. The predicted octanol–water partition coefficient (Wildman–Crippen LogP) is 3.14. The molecular weight excluding hydrogens is 310 g/mol. The number of carbonyl (C=O) groups excluding carboxylic acids is 1. The minimum Gasteiger partial charge on any atom is -0.508 e. The van der Waals surface area contributed by atoms with Crippen LogP contribution in [0.4, 0.5) is 5.69 Å². The van der Waals surface area contributed by atoms with Gasteiger partial charge in [0.05, 0.1) is 5.56 Å². The van der Waals surface area contributed by atoms with Crippen molar-refractivity contribution in [2.24, 2.45) is 0 Å². The fourth-order valence-corrected chi connectivity index (χ4v) is 2.03. The van der Waals surface area contributed by atoms with Crippen LogP contribution in [0.15, 0.2) is 46.9 Å². The molecule has 0 saturated heterocycles. The second-order valence-corrected chi connectivity index (χ2v) is 4.96. The molecule has 4 nitrogen and oxygen atoms in total. The maximum atomic E-state index is 12.3. The molecule has 2 rings (SSSR count). The molecule has 2 aromatic rings. The van der Waals surface area contributed by atoms with Crippen molar-refractivity contribution in [2.75, 3.05) is 11.9 Å². The van der Waals surface area contributed by atoms with Crippen molar-refractivity contribution in [1.29, 1.82) is 0 Å². The lowest BCUT2D eigenvalue weighted by Gasteiger charge is -2.18. The third kappa shape index (κ3) is 2.88. The second-order valence-electron chi connectivity index (χ2n) is 4.05. The quantitative estimate of drug-likeness (QED) is 0.893. The number of aromatic hydroxyl groups is 2. The van der Waals surface area contributed by atoms with Gasteiger partial charge in [-0.3, -0.25) is 4.79 Å². The summed E-state index contributed by atoms with van der Waals surface area (Å²) in [5.74, 6) is -0.362. The zero-order valence-corrected chi connectivity index (χ0v) is 11.8. The summed E-state index contributed by atoms with van der Waals surface area (Å²) in [4.78, 5) is 13.6. The van der Waals surface area contributed by atoms with E-state index in [1.165, 1.54) is 23.1 Å². The van der Waals surface area contributed by atoms with Gasteiger partial charge in [0.1, 0.15) is 11.5 Å². The topological polar surface area (TPSA) is 60.8 Å². The number of phenols is 2. The van der Waals surface area contributed by atoms with Crippen molar-refractivity contribution in [3.05, 3.63) is 52.5 Å². The predicted molar refractivity (Wildman–Crippen MR) is 76.6 cm³/mol. The number of benzene rings is 2. The maximum absolute atomic E-state index is 12.3. The number of hydrogen-bond acceptors (Lipinski definition) is 3. The normalized spacial score (nSPS) is 10.2. The van der Waals surface area contributed by atoms with Gasteiger partial charge in [-0.1, -0.05) is 22.0 Å². The Morgan fingerprint density at radius 2 is 1.89 bits per heavy atom. The highest BCUT2D eigenvalue weighted by atomic mass is 79.9. The molecule has 0 spiro atoms. The lowest BCUT2D eigenvalue weighted by atomic mass is 10.1. The largest absolute Gasteiger partial charge is 0.508 e. The van der Waals surface area contributed by atoms with Gasteiger partial charge in [-0.15, -0.1) is 0 Å². The molecule has 19 heavy (non-hydrogen) atoms. The van der Waals surface area contributed by atoms with Crippen LogP contribution in [0.2, 0.25) is 0 Å². The molecule has 0 heterocycles. The Bertz CT molecular complexity index is 628. The van der Waals surface area contributed by atoms with Crippen molar-refractivity contribution in [2.45, 2.75) is 0 Å². The van der Waals surface area contributed by atoms with E-state index in [0.717, 1.165) is 0 Å². The van der Waals surface area contributed by atoms with Gasteiger partial charge in [0.25, 0.3) is 5.91 Å². The van der Waals surface area contributed by atoms with Gasteiger partial charge in [-0.25, -0.2) is 0 Å². The molecule has 0 atom stereocenters. The van der Waals surface area contributed by atoms with E-state index in [9.17, 15) is 15.0 Å². The van der Waals surface area contributed by atoms with Crippen molar-refractivity contribution in [3.63, 3.8) is 0 Å². The first kappa shape index (κ1) is 13.4. The smallest absolute Gasteiger partial charge is 0.261 e. The summed E-state index contributed by atoms with van der Waals surface area (Å²) in [7, 11) is 1.58. The van der Waals surface area contributed by atoms with E-state index in [2.05, 4.69) is 15.9 Å². The van der Waals surface area contributed by atoms with Crippen LogP contribution in [0.3, 0.4) is 0 Å². The molecule has 2 aromatic carbocycles. The summed E-state index contributed by atoms with van der Waals surface area (Å²) >= 11 is 3.22. The number of rotatable bonds is 2. The van der Waals surface area contributed by atoms with Crippen LogP contribution in [-0.2, 0) is 0 Å². The molecular formula is C14H12BrNO3. The number of nitrogens with zero attached hydrogens (tertiary/aromatic N) is 1. The Hall–Kier alpha value is -2.01. The molecule has 5 heteroatoms. The summed E-state index contributed by atoms with van der Waals surface area (Å²) in [6, 6.07) is 11.0.